The molecule has 0 aromatic heterocycles. The predicted molar refractivity (Wildman–Crippen MR) is 55.8 cm³/mol. The number of rotatable bonds is 3. The van der Waals surface area contributed by atoms with E-state index in [9.17, 15) is 18.0 Å². The van der Waals surface area contributed by atoms with Gasteiger partial charge in [0.2, 0.25) is 0 Å². The first-order chi connectivity index (χ1) is 7.82. The molecule has 0 aliphatic rings. The Morgan fingerprint density at radius 3 is 2.53 bits per heavy atom. The third-order valence-corrected chi connectivity index (χ3v) is 2.28. The van der Waals surface area contributed by atoms with Gasteiger partial charge in [-0.25, -0.2) is 0 Å². The van der Waals surface area contributed by atoms with Crippen LogP contribution in [0.5, 0.6) is 0 Å². The number of aliphatic hydroxyl groups is 1. The van der Waals surface area contributed by atoms with E-state index in [-0.39, 0.29) is 10.6 Å². The van der Waals surface area contributed by atoms with Crippen LogP contribution in [0.15, 0.2) is 24.3 Å². The second-order valence-corrected chi connectivity index (χ2v) is 3.65. The van der Waals surface area contributed by atoms with Gasteiger partial charge in [-0.15, -0.1) is 0 Å². The molecule has 0 bridgehead atoms. The average molecular weight is 268 g/mol. The summed E-state index contributed by atoms with van der Waals surface area (Å²) in [4.78, 5) is 11.4. The highest BCUT2D eigenvalue weighted by atomic mass is 35.5. The molecule has 0 saturated heterocycles. The summed E-state index contributed by atoms with van der Waals surface area (Å²) in [5.41, 5.74) is 0.0588. The van der Waals surface area contributed by atoms with Crippen LogP contribution in [0.3, 0.4) is 0 Å². The van der Waals surface area contributed by atoms with Crippen LogP contribution in [0.4, 0.5) is 13.2 Å². The topological polar surface area (TPSA) is 49.3 Å². The van der Waals surface area contributed by atoms with Crippen molar-refractivity contribution in [1.82, 2.24) is 5.32 Å². The zero-order valence-electron chi connectivity index (χ0n) is 8.46. The monoisotopic (exact) mass is 267 g/mol. The summed E-state index contributed by atoms with van der Waals surface area (Å²) in [7, 11) is 0. The molecule has 17 heavy (non-hydrogen) atoms. The Balaban J connectivity index is 2.60. The van der Waals surface area contributed by atoms with Crippen LogP contribution in [-0.4, -0.2) is 29.8 Å². The van der Waals surface area contributed by atoms with Gasteiger partial charge in [-0.3, -0.25) is 4.79 Å². The first-order valence-electron chi connectivity index (χ1n) is 4.60. The van der Waals surface area contributed by atoms with Crippen LogP contribution in [0.1, 0.15) is 10.4 Å². The van der Waals surface area contributed by atoms with Crippen molar-refractivity contribution in [3.8, 4) is 0 Å². The molecule has 1 unspecified atom stereocenters. The highest BCUT2D eigenvalue weighted by Crippen LogP contribution is 2.19. The van der Waals surface area contributed by atoms with E-state index in [1.807, 2.05) is 5.32 Å². The fraction of sp³-hybridized carbons (Fsp3) is 0.300. The Bertz CT molecular complexity index is 409. The number of hydrogen-bond acceptors (Lipinski definition) is 2. The van der Waals surface area contributed by atoms with Crippen LogP contribution < -0.4 is 5.32 Å². The van der Waals surface area contributed by atoms with Crippen LogP contribution >= 0.6 is 11.6 Å². The summed E-state index contributed by atoms with van der Waals surface area (Å²) in [5, 5.41) is 10.8. The molecule has 1 rings (SSSR count). The van der Waals surface area contributed by atoms with Crippen LogP contribution in [0.2, 0.25) is 5.02 Å². The number of carbonyl (C=O) groups excluding carboxylic acids is 1. The molecule has 1 amide bonds. The van der Waals surface area contributed by atoms with Gasteiger partial charge in [-0.05, 0) is 12.1 Å². The quantitative estimate of drug-likeness (QED) is 0.880. The SMILES string of the molecule is O=C(NCC(O)C(F)(F)F)c1ccccc1Cl. The standard InChI is InChI=1S/C10H9ClF3NO2/c11-7-4-2-1-3-6(7)9(17)15-5-8(16)10(12,13)14/h1-4,8,16H,5H2,(H,15,17). The molecular weight excluding hydrogens is 259 g/mol. The van der Waals surface area contributed by atoms with Gasteiger partial charge >= 0.3 is 6.18 Å². The molecule has 7 heteroatoms. The molecule has 0 fully saturated rings. The number of benzene rings is 1. The fourth-order valence-corrected chi connectivity index (χ4v) is 1.27. The Morgan fingerprint density at radius 1 is 1.41 bits per heavy atom. The van der Waals surface area contributed by atoms with Gasteiger partial charge in [0, 0.05) is 0 Å². The molecule has 0 aliphatic heterocycles. The van der Waals surface area contributed by atoms with Crippen molar-refractivity contribution < 1.29 is 23.1 Å². The summed E-state index contributed by atoms with van der Waals surface area (Å²) in [6, 6.07) is 5.93. The predicted octanol–water partition coefficient (Wildman–Crippen LogP) is 1.99. The molecule has 1 aromatic rings. The maximum absolute atomic E-state index is 12.0. The minimum Gasteiger partial charge on any atom is -0.382 e. The van der Waals surface area contributed by atoms with Crippen molar-refractivity contribution in [3.05, 3.63) is 34.9 Å². The molecule has 0 saturated carbocycles. The smallest absolute Gasteiger partial charge is 0.382 e. The van der Waals surface area contributed by atoms with Gasteiger partial charge < -0.3 is 10.4 Å². The second kappa shape index (κ2) is 5.37. The first-order valence-corrected chi connectivity index (χ1v) is 4.97. The van der Waals surface area contributed by atoms with E-state index in [4.69, 9.17) is 16.7 Å². The van der Waals surface area contributed by atoms with Crippen molar-refractivity contribution in [2.45, 2.75) is 12.3 Å². The number of carbonyl (C=O) groups is 1. The molecule has 0 heterocycles. The summed E-state index contributed by atoms with van der Waals surface area (Å²) in [5.74, 6) is -0.765. The number of halogens is 4. The van der Waals surface area contributed by atoms with E-state index in [2.05, 4.69) is 0 Å². The lowest BCUT2D eigenvalue weighted by molar-refractivity contribution is -0.201. The fourth-order valence-electron chi connectivity index (χ4n) is 1.05. The minimum absolute atomic E-state index is 0.0588. The van der Waals surface area contributed by atoms with Crippen molar-refractivity contribution >= 4 is 17.5 Å². The molecule has 0 spiro atoms. The van der Waals surface area contributed by atoms with Crippen LogP contribution in [-0.2, 0) is 0 Å². The van der Waals surface area contributed by atoms with Crippen molar-refractivity contribution in [2.24, 2.45) is 0 Å². The molecule has 1 aromatic carbocycles. The van der Waals surface area contributed by atoms with Gasteiger partial charge in [-0.2, -0.15) is 13.2 Å². The average Bonchev–Trinajstić information content (AvgIpc) is 2.24. The number of nitrogens with one attached hydrogen (secondary N) is 1. The summed E-state index contributed by atoms with van der Waals surface area (Å²) in [6.07, 6.45) is -7.35. The molecule has 2 N–H and O–H groups in total. The van der Waals surface area contributed by atoms with Crippen molar-refractivity contribution in [2.75, 3.05) is 6.54 Å². The lowest BCUT2D eigenvalue weighted by atomic mass is 10.2. The number of hydrogen-bond donors (Lipinski definition) is 2. The summed E-state index contributed by atoms with van der Waals surface area (Å²) in [6.45, 7) is -0.909. The second-order valence-electron chi connectivity index (χ2n) is 3.25. The number of alkyl halides is 3. The maximum atomic E-state index is 12.0. The molecule has 0 radical (unpaired) electrons. The normalized spacial score (nSPS) is 13.2. The number of amides is 1. The Kier molecular flexibility index (Phi) is 4.36. The number of aliphatic hydroxyl groups excluding tert-OH is 1. The van der Waals surface area contributed by atoms with Gasteiger partial charge in [-0.1, -0.05) is 23.7 Å². The first kappa shape index (κ1) is 13.8. The molecular formula is C10H9ClF3NO2. The Labute approximate surface area is 100 Å². The van der Waals surface area contributed by atoms with Crippen LogP contribution in [0, 0.1) is 0 Å². The van der Waals surface area contributed by atoms with Crippen molar-refractivity contribution in [1.29, 1.82) is 0 Å². The lowest BCUT2D eigenvalue weighted by Gasteiger charge is -2.15. The van der Waals surface area contributed by atoms with Crippen molar-refractivity contribution in [3.63, 3.8) is 0 Å². The van der Waals surface area contributed by atoms with E-state index in [1.165, 1.54) is 18.2 Å². The summed E-state index contributed by atoms with van der Waals surface area (Å²) >= 11 is 5.68. The van der Waals surface area contributed by atoms with Gasteiger partial charge in [0.15, 0.2) is 6.10 Å². The Morgan fingerprint density at radius 2 is 2.00 bits per heavy atom. The van der Waals surface area contributed by atoms with E-state index < -0.39 is 24.7 Å². The minimum atomic E-state index is -4.76. The maximum Gasteiger partial charge on any atom is 0.416 e. The zero-order chi connectivity index (χ0) is 13.1. The Hall–Kier alpha value is -1.27. The molecule has 1 atom stereocenters. The van der Waals surface area contributed by atoms with Gasteiger partial charge in [0.05, 0.1) is 17.1 Å². The highest BCUT2D eigenvalue weighted by molar-refractivity contribution is 6.33. The largest absolute Gasteiger partial charge is 0.416 e. The summed E-state index contributed by atoms with van der Waals surface area (Å²) < 4.78 is 35.9. The van der Waals surface area contributed by atoms with E-state index in [0.29, 0.717) is 0 Å². The third kappa shape index (κ3) is 3.90. The molecule has 3 nitrogen and oxygen atoms in total. The lowest BCUT2D eigenvalue weighted by Crippen LogP contribution is -2.40. The van der Waals surface area contributed by atoms with E-state index in [0.717, 1.165) is 0 Å². The third-order valence-electron chi connectivity index (χ3n) is 1.95. The van der Waals surface area contributed by atoms with E-state index >= 15 is 0 Å². The van der Waals surface area contributed by atoms with E-state index in [1.54, 1.807) is 6.07 Å². The molecule has 0 aliphatic carbocycles. The molecule has 94 valence electrons. The van der Waals surface area contributed by atoms with Gasteiger partial charge in [0.25, 0.3) is 5.91 Å². The van der Waals surface area contributed by atoms with Crippen LogP contribution in [0.25, 0.3) is 0 Å². The van der Waals surface area contributed by atoms with Gasteiger partial charge in [0.1, 0.15) is 0 Å². The highest BCUT2D eigenvalue weighted by Gasteiger charge is 2.38. The zero-order valence-corrected chi connectivity index (χ0v) is 9.22.